The zero-order chi connectivity index (χ0) is 25.9. The monoisotopic (exact) mass is 544 g/mol. The van der Waals surface area contributed by atoms with Gasteiger partial charge >= 0.3 is 0 Å². The first-order valence-electron chi connectivity index (χ1n) is 13.5. The predicted molar refractivity (Wildman–Crippen MR) is 175 cm³/mol. The fourth-order valence-corrected chi connectivity index (χ4v) is 9.32. The topological polar surface area (TPSA) is 8.17 Å². The largest absolute Gasteiger partial charge is 0.305 e. The second-order valence-electron chi connectivity index (χ2n) is 10.5. The maximum atomic E-state index is 2.54. The summed E-state index contributed by atoms with van der Waals surface area (Å²) in [5, 5.41) is 7.94. The zero-order valence-electron chi connectivity index (χ0n) is 21.3. The number of hydrogen-bond acceptors (Lipinski definition) is 3. The van der Waals surface area contributed by atoms with Crippen LogP contribution in [0.3, 0.4) is 0 Å². The van der Waals surface area contributed by atoms with Crippen molar-refractivity contribution in [1.82, 2.24) is 4.57 Å². The summed E-state index contributed by atoms with van der Waals surface area (Å²) in [5.41, 5.74) is 7.49. The molecule has 0 fully saturated rings. The molecule has 0 spiro atoms. The Hall–Kier alpha value is -4.64. The summed E-state index contributed by atoms with van der Waals surface area (Å²) in [6.45, 7) is 0. The number of nitrogens with zero attached hydrogens (tertiary/aromatic N) is 2. The lowest BCUT2D eigenvalue weighted by molar-refractivity contribution is 1.12. The average molecular weight is 545 g/mol. The number of fused-ring (bicyclic) bond motifs is 12. The van der Waals surface area contributed by atoms with Crippen molar-refractivity contribution in [2.24, 2.45) is 0 Å². The molecule has 40 heavy (non-hydrogen) atoms. The minimum absolute atomic E-state index is 1.21. The van der Waals surface area contributed by atoms with Crippen molar-refractivity contribution < 1.29 is 0 Å². The van der Waals surface area contributed by atoms with E-state index < -0.39 is 0 Å². The maximum absolute atomic E-state index is 2.54. The van der Waals surface area contributed by atoms with Gasteiger partial charge in [-0.15, -0.1) is 22.7 Å². The molecule has 2 nitrogen and oxygen atoms in total. The van der Waals surface area contributed by atoms with Crippen LogP contribution in [0.2, 0.25) is 0 Å². The van der Waals surface area contributed by atoms with Crippen LogP contribution < -0.4 is 4.90 Å². The second kappa shape index (κ2) is 7.51. The average Bonchev–Trinajstić information content (AvgIpc) is 3.68. The number of para-hydroxylation sites is 3. The summed E-state index contributed by atoms with van der Waals surface area (Å²) in [6.07, 6.45) is 0. The summed E-state index contributed by atoms with van der Waals surface area (Å²) in [6, 6.07) is 44.7. The van der Waals surface area contributed by atoms with E-state index in [9.17, 15) is 0 Å². The highest BCUT2D eigenvalue weighted by molar-refractivity contribution is 7.27. The molecule has 10 rings (SSSR count). The van der Waals surface area contributed by atoms with E-state index in [1.54, 1.807) is 0 Å². The minimum atomic E-state index is 1.21. The SMILES string of the molecule is c1ccc2c(c1)N(c1cccc3c1sc1ccccc13)c1cccc3c4ccc5c6ccccc6sc5c4n-2c13. The lowest BCUT2D eigenvalue weighted by Crippen LogP contribution is -2.18. The van der Waals surface area contributed by atoms with Crippen LogP contribution in [-0.4, -0.2) is 4.57 Å². The summed E-state index contributed by atoms with van der Waals surface area (Å²) < 4.78 is 7.89. The van der Waals surface area contributed by atoms with Gasteiger partial charge in [0.05, 0.1) is 43.2 Å². The van der Waals surface area contributed by atoms with Crippen molar-refractivity contribution in [3.63, 3.8) is 0 Å². The van der Waals surface area contributed by atoms with Gasteiger partial charge in [0.2, 0.25) is 0 Å². The van der Waals surface area contributed by atoms with Gasteiger partial charge in [-0.3, -0.25) is 0 Å². The molecule has 6 aromatic carbocycles. The molecule has 3 aromatic heterocycles. The van der Waals surface area contributed by atoms with Crippen molar-refractivity contribution in [3.05, 3.63) is 121 Å². The van der Waals surface area contributed by atoms with E-state index in [4.69, 9.17) is 0 Å². The molecule has 0 saturated carbocycles. The third-order valence-electron chi connectivity index (χ3n) is 8.50. The highest BCUT2D eigenvalue weighted by Gasteiger charge is 2.30. The number of thiophene rings is 2. The highest BCUT2D eigenvalue weighted by Crippen LogP contribution is 2.53. The molecular weight excluding hydrogens is 525 g/mol. The lowest BCUT2D eigenvalue weighted by Gasteiger charge is -2.33. The van der Waals surface area contributed by atoms with Crippen LogP contribution in [0.15, 0.2) is 121 Å². The maximum Gasteiger partial charge on any atom is 0.0783 e. The first kappa shape index (κ1) is 21.2. The molecule has 4 heteroatoms. The zero-order valence-corrected chi connectivity index (χ0v) is 22.9. The molecule has 186 valence electrons. The summed E-state index contributed by atoms with van der Waals surface area (Å²) in [7, 11) is 0. The Morgan fingerprint density at radius 2 is 0.875 bits per heavy atom. The Balaban J connectivity index is 1.39. The van der Waals surface area contributed by atoms with E-state index in [-0.39, 0.29) is 0 Å². The van der Waals surface area contributed by atoms with Crippen LogP contribution in [0.25, 0.3) is 67.8 Å². The number of benzene rings is 6. The molecule has 0 amide bonds. The van der Waals surface area contributed by atoms with Gasteiger partial charge in [0.15, 0.2) is 0 Å². The van der Waals surface area contributed by atoms with Crippen LogP contribution in [0.1, 0.15) is 0 Å². The minimum Gasteiger partial charge on any atom is -0.305 e. The number of anilines is 3. The summed E-state index contributed by atoms with van der Waals surface area (Å²) in [5.74, 6) is 0. The molecule has 9 aromatic rings. The molecule has 1 aliphatic rings. The molecular formula is C36H20N2S2. The lowest BCUT2D eigenvalue weighted by atomic mass is 10.1. The Kier molecular flexibility index (Phi) is 3.98. The van der Waals surface area contributed by atoms with E-state index in [0.717, 1.165) is 0 Å². The molecule has 1 aliphatic heterocycles. The van der Waals surface area contributed by atoms with Gasteiger partial charge in [0.1, 0.15) is 0 Å². The van der Waals surface area contributed by atoms with Gasteiger partial charge < -0.3 is 9.47 Å². The van der Waals surface area contributed by atoms with Gasteiger partial charge in [0, 0.05) is 41.7 Å². The van der Waals surface area contributed by atoms with Gasteiger partial charge in [-0.05, 0) is 36.4 Å². The quantitative estimate of drug-likeness (QED) is 0.199. The number of aromatic nitrogens is 1. The standard InChI is InChI=1S/C36H20N2S2/c1-5-17-31-21(9-1)25-12-8-16-30(35(25)39-31)37-27-13-3-4-14-28(27)38-33-23(11-7-15-29(33)37)24-19-20-26-22-10-2-6-18-32(22)40-36(26)34(24)38/h1-20H. The fraction of sp³-hybridized carbons (Fsp3) is 0. The first-order valence-corrected chi connectivity index (χ1v) is 15.2. The van der Waals surface area contributed by atoms with Crippen molar-refractivity contribution in [2.45, 2.75) is 0 Å². The van der Waals surface area contributed by atoms with Gasteiger partial charge in [-0.2, -0.15) is 0 Å². The van der Waals surface area contributed by atoms with E-state index in [1.807, 2.05) is 22.7 Å². The Bertz CT molecular complexity index is 2510. The van der Waals surface area contributed by atoms with E-state index in [2.05, 4.69) is 131 Å². The normalized spacial score (nSPS) is 12.9. The van der Waals surface area contributed by atoms with Crippen LogP contribution in [0, 0.1) is 0 Å². The van der Waals surface area contributed by atoms with Crippen LogP contribution in [0.4, 0.5) is 17.1 Å². The van der Waals surface area contributed by atoms with Crippen molar-refractivity contribution in [3.8, 4) is 5.69 Å². The Morgan fingerprint density at radius 1 is 0.350 bits per heavy atom. The highest BCUT2D eigenvalue weighted by atomic mass is 32.1. The van der Waals surface area contributed by atoms with Crippen molar-refractivity contribution in [2.75, 3.05) is 4.90 Å². The molecule has 0 saturated heterocycles. The van der Waals surface area contributed by atoms with E-state index in [1.165, 1.54) is 84.9 Å². The summed E-state index contributed by atoms with van der Waals surface area (Å²) in [4.78, 5) is 2.50. The van der Waals surface area contributed by atoms with Crippen molar-refractivity contribution in [1.29, 1.82) is 0 Å². The van der Waals surface area contributed by atoms with Gasteiger partial charge in [-0.25, -0.2) is 0 Å². The molecule has 0 radical (unpaired) electrons. The van der Waals surface area contributed by atoms with Crippen LogP contribution in [-0.2, 0) is 0 Å². The molecule has 0 atom stereocenters. The smallest absolute Gasteiger partial charge is 0.0783 e. The Labute approximate surface area is 237 Å². The molecule has 0 N–H and O–H groups in total. The van der Waals surface area contributed by atoms with Crippen LogP contribution >= 0.6 is 22.7 Å². The summed E-state index contributed by atoms with van der Waals surface area (Å²) >= 11 is 3.80. The fourth-order valence-electron chi connectivity index (χ4n) is 6.87. The van der Waals surface area contributed by atoms with Gasteiger partial charge in [-0.1, -0.05) is 84.9 Å². The van der Waals surface area contributed by atoms with Crippen LogP contribution in [0.5, 0.6) is 0 Å². The molecule has 4 heterocycles. The molecule has 0 unspecified atom stereocenters. The second-order valence-corrected chi connectivity index (χ2v) is 12.6. The van der Waals surface area contributed by atoms with E-state index >= 15 is 0 Å². The molecule has 0 bridgehead atoms. The predicted octanol–water partition coefficient (Wildman–Crippen LogP) is 11.3. The van der Waals surface area contributed by atoms with Gasteiger partial charge in [0.25, 0.3) is 0 Å². The molecule has 0 aliphatic carbocycles. The number of rotatable bonds is 1. The van der Waals surface area contributed by atoms with E-state index in [0.29, 0.717) is 0 Å². The third kappa shape index (κ3) is 2.54. The first-order chi connectivity index (χ1) is 19.9. The Morgan fingerprint density at radius 3 is 1.68 bits per heavy atom. The van der Waals surface area contributed by atoms with Crippen molar-refractivity contribution >= 4 is 102 Å². The number of hydrogen-bond donors (Lipinski definition) is 0. The third-order valence-corrected chi connectivity index (χ3v) is 10.9.